The van der Waals surface area contributed by atoms with Crippen LogP contribution in [0.15, 0.2) is 47.5 Å². The van der Waals surface area contributed by atoms with Crippen LogP contribution in [0.3, 0.4) is 0 Å². The van der Waals surface area contributed by atoms with Crippen molar-refractivity contribution < 1.29 is 14.3 Å². The van der Waals surface area contributed by atoms with Crippen LogP contribution in [0, 0.1) is 6.92 Å². The fourth-order valence-corrected chi connectivity index (χ4v) is 3.99. The summed E-state index contributed by atoms with van der Waals surface area (Å²) in [5.41, 5.74) is 1.77. The largest absolute Gasteiger partial charge is 0.378 e. The number of nitrogens with one attached hydrogen (secondary N) is 2. The highest BCUT2D eigenvalue weighted by atomic mass is 32.1. The second-order valence-electron chi connectivity index (χ2n) is 7.28. The van der Waals surface area contributed by atoms with E-state index in [1.54, 1.807) is 18.2 Å². The van der Waals surface area contributed by atoms with Crippen LogP contribution < -0.4 is 10.6 Å². The van der Waals surface area contributed by atoms with E-state index in [1.165, 1.54) is 24.2 Å². The van der Waals surface area contributed by atoms with Crippen LogP contribution in [0.4, 0.5) is 0 Å². The van der Waals surface area contributed by atoms with Crippen LogP contribution in [-0.2, 0) is 9.53 Å². The normalized spacial score (nSPS) is 14.7. The second kappa shape index (κ2) is 10.9. The molecule has 1 fully saturated rings. The fourth-order valence-electron chi connectivity index (χ4n) is 3.33. The predicted molar refractivity (Wildman–Crippen MR) is 117 cm³/mol. The van der Waals surface area contributed by atoms with E-state index in [1.807, 2.05) is 36.6 Å². The monoisotopic (exact) mass is 412 g/mol. The number of benzene rings is 1. The molecule has 3 rings (SSSR count). The molecule has 0 radical (unpaired) electrons. The van der Waals surface area contributed by atoms with E-state index >= 15 is 0 Å². The number of ether oxygens (including phenoxy) is 1. The van der Waals surface area contributed by atoms with Crippen molar-refractivity contribution in [2.45, 2.75) is 45.1 Å². The lowest BCUT2D eigenvalue weighted by Crippen LogP contribution is -2.35. The molecule has 0 unspecified atom stereocenters. The molecule has 0 spiro atoms. The van der Waals surface area contributed by atoms with Gasteiger partial charge in [0, 0.05) is 23.6 Å². The van der Waals surface area contributed by atoms with Crippen molar-refractivity contribution in [3.63, 3.8) is 0 Å². The maximum Gasteiger partial charge on any atom is 0.267 e. The Morgan fingerprint density at radius 1 is 1.21 bits per heavy atom. The molecule has 1 saturated carbocycles. The molecule has 0 bridgehead atoms. The summed E-state index contributed by atoms with van der Waals surface area (Å²) in [6.45, 7) is 3.08. The van der Waals surface area contributed by atoms with Gasteiger partial charge in [0.15, 0.2) is 0 Å². The first kappa shape index (κ1) is 21.3. The molecule has 0 saturated heterocycles. The van der Waals surface area contributed by atoms with Gasteiger partial charge >= 0.3 is 0 Å². The minimum atomic E-state index is -0.295. The van der Waals surface area contributed by atoms with Gasteiger partial charge in [-0.05, 0) is 55.8 Å². The lowest BCUT2D eigenvalue weighted by Gasteiger charge is -2.13. The molecule has 29 heavy (non-hydrogen) atoms. The Labute approximate surface area is 176 Å². The Kier molecular flexibility index (Phi) is 8.02. The average molecular weight is 413 g/mol. The molecule has 1 aromatic heterocycles. The Morgan fingerprint density at radius 2 is 2.03 bits per heavy atom. The smallest absolute Gasteiger partial charge is 0.267 e. The molecule has 1 aliphatic carbocycles. The number of hydrogen-bond acceptors (Lipinski definition) is 4. The number of carbonyl (C=O) groups excluding carboxylic acids is 2. The van der Waals surface area contributed by atoms with Crippen molar-refractivity contribution in [3.8, 4) is 0 Å². The molecule has 1 aromatic carbocycles. The predicted octanol–water partition coefficient (Wildman–Crippen LogP) is 4.29. The maximum atomic E-state index is 12.7. The highest BCUT2D eigenvalue weighted by molar-refractivity contribution is 7.10. The molecule has 154 valence electrons. The molecule has 0 aliphatic heterocycles. The van der Waals surface area contributed by atoms with Gasteiger partial charge in [-0.2, -0.15) is 0 Å². The van der Waals surface area contributed by atoms with Gasteiger partial charge in [0.25, 0.3) is 11.8 Å². The summed E-state index contributed by atoms with van der Waals surface area (Å²) < 4.78 is 5.83. The van der Waals surface area contributed by atoms with Gasteiger partial charge in [-0.1, -0.05) is 36.6 Å². The summed E-state index contributed by atoms with van der Waals surface area (Å²) in [6.07, 6.45) is 7.63. The van der Waals surface area contributed by atoms with Crippen LogP contribution in [-0.4, -0.2) is 31.1 Å². The quantitative estimate of drug-likeness (QED) is 0.477. The molecule has 1 heterocycles. The molecule has 2 N–H and O–H groups in total. The van der Waals surface area contributed by atoms with Crippen molar-refractivity contribution >= 4 is 29.2 Å². The summed E-state index contributed by atoms with van der Waals surface area (Å²) >= 11 is 1.51. The summed E-state index contributed by atoms with van der Waals surface area (Å²) in [7, 11) is 0. The standard InChI is InChI=1S/C23H28N2O3S/c1-17-7-4-8-18(15-17)22(26)25-21(16-20-11-5-14-29-20)23(27)24-12-6-13-28-19-9-2-3-10-19/h4-5,7-8,11,14-16,19H,2-3,6,9-10,12-13H2,1H3,(H,24,27)(H,25,26)/b21-16-. The van der Waals surface area contributed by atoms with Crippen LogP contribution >= 0.6 is 11.3 Å². The summed E-state index contributed by atoms with van der Waals surface area (Å²) in [5.74, 6) is -0.587. The number of rotatable bonds is 9. The van der Waals surface area contributed by atoms with E-state index in [2.05, 4.69) is 10.6 Å². The van der Waals surface area contributed by atoms with Crippen molar-refractivity contribution in [1.29, 1.82) is 0 Å². The Morgan fingerprint density at radius 3 is 2.76 bits per heavy atom. The molecule has 2 aromatic rings. The molecule has 2 amide bonds. The topological polar surface area (TPSA) is 67.4 Å². The van der Waals surface area contributed by atoms with Crippen molar-refractivity contribution in [1.82, 2.24) is 10.6 Å². The molecule has 1 aliphatic rings. The van der Waals surface area contributed by atoms with Crippen molar-refractivity contribution in [3.05, 3.63) is 63.5 Å². The summed E-state index contributed by atoms with van der Waals surface area (Å²) in [6, 6.07) is 11.1. The zero-order chi connectivity index (χ0) is 20.5. The second-order valence-corrected chi connectivity index (χ2v) is 8.26. The van der Waals surface area contributed by atoms with E-state index in [0.717, 1.165) is 29.7 Å². The number of aryl methyl sites for hydroxylation is 1. The van der Waals surface area contributed by atoms with Gasteiger partial charge in [0.05, 0.1) is 6.10 Å². The van der Waals surface area contributed by atoms with Gasteiger partial charge in [-0.15, -0.1) is 11.3 Å². The highest BCUT2D eigenvalue weighted by Crippen LogP contribution is 2.20. The molecular formula is C23H28N2O3S. The van der Waals surface area contributed by atoms with Crippen LogP contribution in [0.1, 0.15) is 52.9 Å². The molecule has 6 heteroatoms. The van der Waals surface area contributed by atoms with Gasteiger partial charge in [0.2, 0.25) is 0 Å². The Bertz CT molecular complexity index is 840. The van der Waals surface area contributed by atoms with Crippen LogP contribution in [0.5, 0.6) is 0 Å². The van der Waals surface area contributed by atoms with E-state index in [9.17, 15) is 9.59 Å². The number of carbonyl (C=O) groups is 2. The third kappa shape index (κ3) is 6.84. The first-order valence-electron chi connectivity index (χ1n) is 10.1. The Balaban J connectivity index is 1.56. The summed E-state index contributed by atoms with van der Waals surface area (Å²) in [4.78, 5) is 26.2. The van der Waals surface area contributed by atoms with Gasteiger partial charge in [0.1, 0.15) is 5.70 Å². The van der Waals surface area contributed by atoms with E-state index in [0.29, 0.717) is 24.8 Å². The molecule has 5 nitrogen and oxygen atoms in total. The molecule has 0 atom stereocenters. The lowest BCUT2D eigenvalue weighted by atomic mass is 10.1. The number of hydrogen-bond donors (Lipinski definition) is 2. The Hall–Kier alpha value is -2.44. The van der Waals surface area contributed by atoms with Crippen LogP contribution in [0.2, 0.25) is 0 Å². The highest BCUT2D eigenvalue weighted by Gasteiger charge is 2.16. The lowest BCUT2D eigenvalue weighted by molar-refractivity contribution is -0.117. The minimum Gasteiger partial charge on any atom is -0.378 e. The minimum absolute atomic E-state index is 0.246. The van der Waals surface area contributed by atoms with E-state index in [-0.39, 0.29) is 17.5 Å². The van der Waals surface area contributed by atoms with Crippen molar-refractivity contribution in [2.75, 3.05) is 13.2 Å². The first-order valence-corrected chi connectivity index (χ1v) is 11.0. The average Bonchev–Trinajstić information content (AvgIpc) is 3.41. The fraction of sp³-hybridized carbons (Fsp3) is 0.391. The first-order chi connectivity index (χ1) is 14.1. The SMILES string of the molecule is Cc1cccc(C(=O)N/C(=C\c2cccs2)C(=O)NCCCOC2CCCC2)c1. The van der Waals surface area contributed by atoms with Gasteiger partial charge < -0.3 is 15.4 Å². The number of thiophene rings is 1. The van der Waals surface area contributed by atoms with Gasteiger partial charge in [-0.3, -0.25) is 9.59 Å². The van der Waals surface area contributed by atoms with E-state index in [4.69, 9.17) is 4.74 Å². The number of amides is 2. The zero-order valence-corrected chi connectivity index (χ0v) is 17.6. The molecular weight excluding hydrogens is 384 g/mol. The van der Waals surface area contributed by atoms with Crippen LogP contribution in [0.25, 0.3) is 6.08 Å². The van der Waals surface area contributed by atoms with E-state index < -0.39 is 0 Å². The third-order valence-corrected chi connectivity index (χ3v) is 5.68. The summed E-state index contributed by atoms with van der Waals surface area (Å²) in [5, 5.41) is 7.60. The van der Waals surface area contributed by atoms with Crippen molar-refractivity contribution in [2.24, 2.45) is 0 Å². The third-order valence-electron chi connectivity index (χ3n) is 4.87. The van der Waals surface area contributed by atoms with Gasteiger partial charge in [-0.25, -0.2) is 0 Å². The zero-order valence-electron chi connectivity index (χ0n) is 16.8. The maximum absolute atomic E-state index is 12.7.